The second kappa shape index (κ2) is 4.72. The lowest BCUT2D eigenvalue weighted by Crippen LogP contribution is -1.91. The number of pyridine rings is 1. The highest BCUT2D eigenvalue weighted by Gasteiger charge is 2.00. The molecule has 4 heteroatoms. The van der Waals surface area contributed by atoms with Crippen molar-refractivity contribution in [2.45, 2.75) is 0 Å². The molecule has 0 spiro atoms. The lowest BCUT2D eigenvalue weighted by molar-refractivity contribution is 0.111. The summed E-state index contributed by atoms with van der Waals surface area (Å²) in [6.45, 7) is 0. The Morgan fingerprint density at radius 3 is 3.00 bits per heavy atom. The minimum absolute atomic E-state index is 0.00391. The Kier molecular flexibility index (Phi) is 3.58. The zero-order valence-electron chi connectivity index (χ0n) is 6.71. The van der Waals surface area contributed by atoms with Crippen LogP contribution < -0.4 is 0 Å². The molecular formula is C9H7ClFNO. The lowest BCUT2D eigenvalue weighted by atomic mass is 10.2. The number of alkyl halides is 1. The maximum atomic E-state index is 12.7. The van der Waals surface area contributed by atoms with E-state index in [1.54, 1.807) is 12.2 Å². The van der Waals surface area contributed by atoms with Crippen molar-refractivity contribution in [2.75, 3.05) is 5.88 Å². The standard InChI is InChI=1S/C9H7ClFNO/c10-3-1-2-8-4-7(6-13)9(11)5-12-8/h1-2,4-6H,3H2. The van der Waals surface area contributed by atoms with Crippen molar-refractivity contribution in [3.8, 4) is 0 Å². The van der Waals surface area contributed by atoms with Crippen LogP contribution in [0.1, 0.15) is 16.1 Å². The fraction of sp³-hybridized carbons (Fsp3) is 0.111. The number of hydrogen-bond acceptors (Lipinski definition) is 2. The van der Waals surface area contributed by atoms with Gasteiger partial charge in [0, 0.05) is 5.88 Å². The number of aromatic nitrogens is 1. The largest absolute Gasteiger partial charge is 0.298 e. The van der Waals surface area contributed by atoms with Gasteiger partial charge in [-0.05, 0) is 12.1 Å². The van der Waals surface area contributed by atoms with E-state index < -0.39 is 5.82 Å². The van der Waals surface area contributed by atoms with Crippen molar-refractivity contribution in [1.82, 2.24) is 4.98 Å². The molecule has 0 unspecified atom stereocenters. The van der Waals surface area contributed by atoms with Crippen molar-refractivity contribution < 1.29 is 9.18 Å². The molecule has 0 aliphatic rings. The van der Waals surface area contributed by atoms with Gasteiger partial charge in [0.25, 0.3) is 0 Å². The first-order valence-corrected chi connectivity index (χ1v) is 4.14. The summed E-state index contributed by atoms with van der Waals surface area (Å²) < 4.78 is 12.7. The van der Waals surface area contributed by atoms with E-state index in [1.807, 2.05) is 0 Å². The Labute approximate surface area is 80.1 Å². The summed E-state index contributed by atoms with van der Waals surface area (Å²) >= 11 is 5.40. The van der Waals surface area contributed by atoms with Gasteiger partial charge in [-0.3, -0.25) is 9.78 Å². The lowest BCUT2D eigenvalue weighted by Gasteiger charge is -1.95. The van der Waals surface area contributed by atoms with Gasteiger partial charge in [-0.2, -0.15) is 0 Å². The predicted octanol–water partition coefficient (Wildman–Crippen LogP) is 2.29. The summed E-state index contributed by atoms with van der Waals surface area (Å²) in [5.74, 6) is -0.256. The van der Waals surface area contributed by atoms with E-state index in [2.05, 4.69) is 4.98 Å². The molecule has 0 aliphatic carbocycles. The number of aldehydes is 1. The molecular weight excluding hydrogens is 193 g/mol. The number of nitrogens with zero attached hydrogens (tertiary/aromatic N) is 1. The topological polar surface area (TPSA) is 30.0 Å². The highest BCUT2D eigenvalue weighted by atomic mass is 35.5. The number of carbonyl (C=O) groups is 1. The van der Waals surface area contributed by atoms with Crippen LogP contribution >= 0.6 is 11.6 Å². The monoisotopic (exact) mass is 199 g/mol. The number of carbonyl (C=O) groups excluding carboxylic acids is 1. The van der Waals surface area contributed by atoms with Crippen molar-refractivity contribution in [1.29, 1.82) is 0 Å². The zero-order valence-corrected chi connectivity index (χ0v) is 7.46. The van der Waals surface area contributed by atoms with Crippen LogP contribution in [0.25, 0.3) is 6.08 Å². The Balaban J connectivity index is 2.99. The summed E-state index contributed by atoms with van der Waals surface area (Å²) in [7, 11) is 0. The Morgan fingerprint density at radius 2 is 2.38 bits per heavy atom. The molecule has 0 amide bonds. The van der Waals surface area contributed by atoms with Gasteiger partial charge in [-0.25, -0.2) is 4.39 Å². The third-order valence-electron chi connectivity index (χ3n) is 1.41. The maximum absolute atomic E-state index is 12.7. The van der Waals surface area contributed by atoms with Crippen LogP contribution in [0.2, 0.25) is 0 Å². The molecule has 0 aromatic carbocycles. The molecule has 0 bridgehead atoms. The molecule has 0 saturated carbocycles. The molecule has 1 rings (SSSR count). The van der Waals surface area contributed by atoms with E-state index in [-0.39, 0.29) is 5.56 Å². The minimum atomic E-state index is -0.613. The van der Waals surface area contributed by atoms with E-state index >= 15 is 0 Å². The quantitative estimate of drug-likeness (QED) is 0.552. The summed E-state index contributed by atoms with van der Waals surface area (Å²) in [6.07, 6.45) is 4.75. The SMILES string of the molecule is O=Cc1cc(C=CCCl)ncc1F. The summed E-state index contributed by atoms with van der Waals surface area (Å²) in [6, 6.07) is 1.37. The molecule has 0 N–H and O–H groups in total. The fourth-order valence-corrected chi connectivity index (χ4v) is 0.907. The van der Waals surface area contributed by atoms with Crippen LogP contribution in [-0.4, -0.2) is 17.2 Å². The second-order valence-corrected chi connectivity index (χ2v) is 2.61. The maximum Gasteiger partial charge on any atom is 0.153 e. The summed E-state index contributed by atoms with van der Waals surface area (Å²) in [5, 5.41) is 0. The van der Waals surface area contributed by atoms with Crippen LogP contribution in [0, 0.1) is 5.82 Å². The molecule has 0 fully saturated rings. The predicted molar refractivity (Wildman–Crippen MR) is 49.3 cm³/mol. The summed E-state index contributed by atoms with van der Waals surface area (Å²) in [5.41, 5.74) is 0.522. The van der Waals surface area contributed by atoms with Gasteiger partial charge < -0.3 is 0 Å². The molecule has 0 atom stereocenters. The zero-order chi connectivity index (χ0) is 9.68. The molecule has 0 aliphatic heterocycles. The molecule has 0 radical (unpaired) electrons. The summed E-state index contributed by atoms with van der Waals surface area (Å²) in [4.78, 5) is 14.1. The average molecular weight is 200 g/mol. The van der Waals surface area contributed by atoms with E-state index in [0.29, 0.717) is 17.9 Å². The van der Waals surface area contributed by atoms with Crippen molar-refractivity contribution >= 4 is 24.0 Å². The Morgan fingerprint density at radius 1 is 1.62 bits per heavy atom. The molecule has 1 aromatic rings. The molecule has 0 saturated heterocycles. The highest BCUT2D eigenvalue weighted by Crippen LogP contribution is 2.06. The van der Waals surface area contributed by atoms with Crippen LogP contribution in [0.3, 0.4) is 0 Å². The average Bonchev–Trinajstić information content (AvgIpc) is 2.16. The van der Waals surface area contributed by atoms with E-state index in [0.717, 1.165) is 6.20 Å². The first kappa shape index (κ1) is 9.86. The first-order chi connectivity index (χ1) is 6.27. The van der Waals surface area contributed by atoms with E-state index in [4.69, 9.17) is 11.6 Å². The van der Waals surface area contributed by atoms with Crippen LogP contribution in [0.5, 0.6) is 0 Å². The normalized spacial score (nSPS) is 10.6. The van der Waals surface area contributed by atoms with E-state index in [9.17, 15) is 9.18 Å². The van der Waals surface area contributed by atoms with Crippen LogP contribution in [0.15, 0.2) is 18.3 Å². The van der Waals surface area contributed by atoms with E-state index in [1.165, 1.54) is 6.07 Å². The fourth-order valence-electron chi connectivity index (χ4n) is 0.818. The van der Waals surface area contributed by atoms with Crippen LogP contribution in [0.4, 0.5) is 4.39 Å². The van der Waals surface area contributed by atoms with Crippen molar-refractivity contribution in [3.05, 3.63) is 35.4 Å². The van der Waals surface area contributed by atoms with Gasteiger partial charge in [0.2, 0.25) is 0 Å². The molecule has 68 valence electrons. The Bertz CT molecular complexity index is 338. The molecule has 13 heavy (non-hydrogen) atoms. The van der Waals surface area contributed by atoms with Gasteiger partial charge in [-0.1, -0.05) is 6.08 Å². The third-order valence-corrected chi connectivity index (χ3v) is 1.59. The Hall–Kier alpha value is -1.22. The number of hydrogen-bond donors (Lipinski definition) is 0. The molecule has 1 aromatic heterocycles. The van der Waals surface area contributed by atoms with Crippen molar-refractivity contribution in [3.63, 3.8) is 0 Å². The number of halogens is 2. The number of allylic oxidation sites excluding steroid dienone is 1. The second-order valence-electron chi connectivity index (χ2n) is 2.31. The van der Waals surface area contributed by atoms with Gasteiger partial charge in [-0.15, -0.1) is 11.6 Å². The smallest absolute Gasteiger partial charge is 0.153 e. The third kappa shape index (κ3) is 2.63. The van der Waals surface area contributed by atoms with Gasteiger partial charge in [0.15, 0.2) is 12.1 Å². The molecule has 1 heterocycles. The minimum Gasteiger partial charge on any atom is -0.298 e. The first-order valence-electron chi connectivity index (χ1n) is 3.61. The van der Waals surface area contributed by atoms with Gasteiger partial charge in [0.05, 0.1) is 17.5 Å². The number of rotatable bonds is 3. The molecule has 2 nitrogen and oxygen atoms in total. The van der Waals surface area contributed by atoms with Gasteiger partial charge >= 0.3 is 0 Å². The van der Waals surface area contributed by atoms with Crippen LogP contribution in [-0.2, 0) is 0 Å². The highest BCUT2D eigenvalue weighted by molar-refractivity contribution is 6.19. The van der Waals surface area contributed by atoms with Gasteiger partial charge in [0.1, 0.15) is 0 Å². The van der Waals surface area contributed by atoms with Crippen molar-refractivity contribution in [2.24, 2.45) is 0 Å².